The molecule has 0 spiro atoms. The predicted molar refractivity (Wildman–Crippen MR) is 47.6 cm³/mol. The molecule has 0 saturated carbocycles. The topological polar surface area (TPSA) is 78.9 Å². The molecule has 0 aliphatic heterocycles. The van der Waals surface area contributed by atoms with Crippen molar-refractivity contribution in [2.45, 2.75) is 6.18 Å². The maximum atomic E-state index is 10.6. The Morgan fingerprint density at radius 3 is 2.56 bits per heavy atom. The quantitative estimate of drug-likeness (QED) is 0.724. The molecule has 0 saturated heterocycles. The largest absolute Gasteiger partial charge is 0.490 e. The van der Waals surface area contributed by atoms with Crippen molar-refractivity contribution in [3.05, 3.63) is 24.5 Å². The minimum Gasteiger partial charge on any atom is -0.475 e. The lowest BCUT2D eigenvalue weighted by atomic mass is 10.4. The first kappa shape index (κ1) is 12.0. The number of nitrogens with one attached hydrogen (secondary N) is 1. The van der Waals surface area contributed by atoms with Crippen molar-refractivity contribution in [3.8, 4) is 0 Å². The van der Waals surface area contributed by atoms with Crippen LogP contribution in [0.3, 0.4) is 0 Å². The van der Waals surface area contributed by atoms with Gasteiger partial charge in [-0.2, -0.15) is 18.3 Å². The summed E-state index contributed by atoms with van der Waals surface area (Å²) in [6, 6.07) is 3.82. The number of hydrogen-bond acceptors (Lipinski definition) is 3. The first-order chi connectivity index (χ1) is 7.41. The van der Waals surface area contributed by atoms with Crippen LogP contribution in [0.15, 0.2) is 24.5 Å². The molecule has 86 valence electrons. The highest BCUT2D eigenvalue weighted by Crippen LogP contribution is 2.13. The molecular formula is C8H6F3N3O2. The molecule has 2 heterocycles. The molecule has 2 aromatic heterocycles. The zero-order valence-corrected chi connectivity index (χ0v) is 7.69. The van der Waals surface area contributed by atoms with Crippen LogP contribution in [0.4, 0.5) is 13.2 Å². The minimum absolute atomic E-state index is 0.914. The summed E-state index contributed by atoms with van der Waals surface area (Å²) in [5.41, 5.74) is 1.90. The standard InChI is InChI=1S/C6H5N3.C2HF3O2/c1-2-5-6(7-3-1)4-8-9-5;3-2(4,5)1(6)7/h1-4H,(H,8,9);(H,6,7). The third kappa shape index (κ3) is 3.23. The van der Waals surface area contributed by atoms with Crippen LogP contribution < -0.4 is 0 Å². The number of aliphatic carboxylic acids is 1. The van der Waals surface area contributed by atoms with Crippen molar-refractivity contribution in [1.29, 1.82) is 0 Å². The number of rotatable bonds is 0. The Morgan fingerprint density at radius 2 is 2.06 bits per heavy atom. The first-order valence-corrected chi connectivity index (χ1v) is 3.95. The Labute approximate surface area is 86.9 Å². The minimum atomic E-state index is -5.08. The van der Waals surface area contributed by atoms with Crippen LogP contribution in [0.5, 0.6) is 0 Å². The average Bonchev–Trinajstić information content (AvgIpc) is 2.64. The number of H-pyrrole nitrogens is 1. The molecule has 0 aliphatic carbocycles. The van der Waals surface area contributed by atoms with E-state index in [4.69, 9.17) is 9.90 Å². The van der Waals surface area contributed by atoms with Crippen molar-refractivity contribution >= 4 is 17.0 Å². The van der Waals surface area contributed by atoms with Crippen molar-refractivity contribution in [2.24, 2.45) is 0 Å². The first-order valence-electron chi connectivity index (χ1n) is 3.95. The maximum absolute atomic E-state index is 10.6. The van der Waals surface area contributed by atoms with Gasteiger partial charge in [-0.05, 0) is 12.1 Å². The van der Waals surface area contributed by atoms with Crippen LogP contribution in [-0.2, 0) is 4.79 Å². The normalized spacial score (nSPS) is 10.7. The summed E-state index contributed by atoms with van der Waals surface area (Å²) in [7, 11) is 0. The van der Waals surface area contributed by atoms with Gasteiger partial charge < -0.3 is 5.11 Å². The lowest BCUT2D eigenvalue weighted by Gasteiger charge is -1.93. The van der Waals surface area contributed by atoms with Crippen LogP contribution in [0.25, 0.3) is 11.0 Å². The highest BCUT2D eigenvalue weighted by Gasteiger charge is 2.38. The van der Waals surface area contributed by atoms with E-state index >= 15 is 0 Å². The molecule has 0 amide bonds. The van der Waals surface area contributed by atoms with Gasteiger partial charge in [0.05, 0.1) is 11.7 Å². The van der Waals surface area contributed by atoms with E-state index in [2.05, 4.69) is 15.2 Å². The van der Waals surface area contributed by atoms with Gasteiger partial charge in [0.2, 0.25) is 0 Å². The molecule has 0 fully saturated rings. The molecule has 8 heteroatoms. The van der Waals surface area contributed by atoms with Crippen LogP contribution in [0.1, 0.15) is 0 Å². The van der Waals surface area contributed by atoms with Gasteiger partial charge in [-0.15, -0.1) is 0 Å². The van der Waals surface area contributed by atoms with Gasteiger partial charge in [0, 0.05) is 6.20 Å². The van der Waals surface area contributed by atoms with Crippen LogP contribution >= 0.6 is 0 Å². The van der Waals surface area contributed by atoms with E-state index in [0.29, 0.717) is 0 Å². The molecule has 0 aromatic carbocycles. The number of carboxylic acid groups (broad SMARTS) is 1. The predicted octanol–water partition coefficient (Wildman–Crippen LogP) is 1.59. The Balaban J connectivity index is 0.000000168. The number of pyridine rings is 1. The molecule has 2 aromatic rings. The third-order valence-corrected chi connectivity index (χ3v) is 1.45. The molecule has 2 N–H and O–H groups in total. The van der Waals surface area contributed by atoms with E-state index in [-0.39, 0.29) is 0 Å². The van der Waals surface area contributed by atoms with Gasteiger partial charge in [-0.3, -0.25) is 10.1 Å². The van der Waals surface area contributed by atoms with Crippen molar-refractivity contribution in [2.75, 3.05) is 0 Å². The van der Waals surface area contributed by atoms with E-state index in [1.165, 1.54) is 0 Å². The van der Waals surface area contributed by atoms with Crippen LogP contribution in [0.2, 0.25) is 0 Å². The molecule has 16 heavy (non-hydrogen) atoms. The average molecular weight is 233 g/mol. The van der Waals surface area contributed by atoms with Crippen LogP contribution in [-0.4, -0.2) is 32.4 Å². The lowest BCUT2D eigenvalue weighted by Crippen LogP contribution is -2.21. The maximum Gasteiger partial charge on any atom is 0.490 e. The fraction of sp³-hybridized carbons (Fsp3) is 0.125. The monoisotopic (exact) mass is 233 g/mol. The highest BCUT2D eigenvalue weighted by molar-refractivity contribution is 5.73. The zero-order valence-electron chi connectivity index (χ0n) is 7.69. The number of carbonyl (C=O) groups is 1. The molecule has 0 unspecified atom stereocenters. The Kier molecular flexibility index (Phi) is 3.44. The molecule has 2 rings (SSSR count). The zero-order chi connectivity index (χ0) is 12.2. The summed E-state index contributed by atoms with van der Waals surface area (Å²) in [5.74, 6) is -2.76. The van der Waals surface area contributed by atoms with Gasteiger partial charge in [-0.1, -0.05) is 0 Å². The number of aromatic nitrogens is 3. The van der Waals surface area contributed by atoms with Crippen molar-refractivity contribution in [1.82, 2.24) is 15.2 Å². The smallest absolute Gasteiger partial charge is 0.475 e. The Morgan fingerprint density at radius 1 is 1.44 bits per heavy atom. The fourth-order valence-electron chi connectivity index (χ4n) is 0.778. The van der Waals surface area contributed by atoms with E-state index in [1.54, 1.807) is 12.4 Å². The molecule has 0 aliphatic rings. The molecular weight excluding hydrogens is 227 g/mol. The van der Waals surface area contributed by atoms with Gasteiger partial charge in [0.1, 0.15) is 5.52 Å². The Hall–Kier alpha value is -2.12. The van der Waals surface area contributed by atoms with Gasteiger partial charge >= 0.3 is 12.1 Å². The SMILES string of the molecule is O=C(O)C(F)(F)F.c1cnc2cn[nH]c2c1. The molecule has 0 radical (unpaired) electrons. The number of fused-ring (bicyclic) bond motifs is 1. The molecule has 0 bridgehead atoms. The molecule has 5 nitrogen and oxygen atoms in total. The second-order valence-corrected chi connectivity index (χ2v) is 2.61. The van der Waals surface area contributed by atoms with Gasteiger partial charge in [0.15, 0.2) is 0 Å². The van der Waals surface area contributed by atoms with E-state index in [9.17, 15) is 13.2 Å². The van der Waals surface area contributed by atoms with Gasteiger partial charge in [-0.25, -0.2) is 4.79 Å². The summed E-state index contributed by atoms with van der Waals surface area (Å²) >= 11 is 0. The number of carboxylic acids is 1. The van der Waals surface area contributed by atoms with Crippen molar-refractivity contribution < 1.29 is 23.1 Å². The number of aromatic amines is 1. The number of alkyl halides is 3. The summed E-state index contributed by atoms with van der Waals surface area (Å²) < 4.78 is 31.7. The number of hydrogen-bond donors (Lipinski definition) is 2. The summed E-state index contributed by atoms with van der Waals surface area (Å²) in [6.45, 7) is 0. The Bertz CT molecular complexity index is 450. The summed E-state index contributed by atoms with van der Waals surface area (Å²) in [6.07, 6.45) is -1.63. The van der Waals surface area contributed by atoms with Crippen molar-refractivity contribution in [3.63, 3.8) is 0 Å². The summed E-state index contributed by atoms with van der Waals surface area (Å²) in [5, 5.41) is 13.7. The fourth-order valence-corrected chi connectivity index (χ4v) is 0.778. The van der Waals surface area contributed by atoms with E-state index in [0.717, 1.165) is 11.0 Å². The molecule has 0 atom stereocenters. The van der Waals surface area contributed by atoms with E-state index < -0.39 is 12.1 Å². The number of halogens is 3. The van der Waals surface area contributed by atoms with Gasteiger partial charge in [0.25, 0.3) is 0 Å². The second kappa shape index (κ2) is 4.60. The second-order valence-electron chi connectivity index (χ2n) is 2.61. The summed E-state index contributed by atoms with van der Waals surface area (Å²) in [4.78, 5) is 12.9. The highest BCUT2D eigenvalue weighted by atomic mass is 19.4. The lowest BCUT2D eigenvalue weighted by molar-refractivity contribution is -0.192. The van der Waals surface area contributed by atoms with Crippen LogP contribution in [0, 0.1) is 0 Å². The van der Waals surface area contributed by atoms with E-state index in [1.807, 2.05) is 12.1 Å². The third-order valence-electron chi connectivity index (χ3n) is 1.45. The number of nitrogens with zero attached hydrogens (tertiary/aromatic N) is 2.